The molecule has 0 aliphatic carbocycles. The lowest BCUT2D eigenvalue weighted by atomic mass is 9.80. The van der Waals surface area contributed by atoms with Crippen molar-refractivity contribution in [3.05, 3.63) is 39.9 Å². The Morgan fingerprint density at radius 2 is 2.05 bits per heavy atom. The molecule has 1 aromatic carbocycles. The van der Waals surface area contributed by atoms with Crippen molar-refractivity contribution in [3.8, 4) is 0 Å². The minimum absolute atomic E-state index is 0.0811. The molecule has 0 N–H and O–H groups in total. The summed E-state index contributed by atoms with van der Waals surface area (Å²) in [6, 6.07) is 5.63. The summed E-state index contributed by atoms with van der Waals surface area (Å²) in [4.78, 5) is 36.9. The van der Waals surface area contributed by atoms with Crippen molar-refractivity contribution in [2.24, 2.45) is 5.92 Å². The first-order chi connectivity index (χ1) is 10.6. The number of benzene rings is 1. The number of carbonyl (C=O) groups is 2. The van der Waals surface area contributed by atoms with E-state index < -0.39 is 4.92 Å². The van der Waals surface area contributed by atoms with Gasteiger partial charge in [0.1, 0.15) is 0 Å². The third kappa shape index (κ3) is 2.78. The maximum absolute atomic E-state index is 12.2. The molecule has 2 bridgehead atoms. The second-order valence-electron chi connectivity index (χ2n) is 6.00. The van der Waals surface area contributed by atoms with Crippen molar-refractivity contribution in [2.75, 3.05) is 13.1 Å². The highest BCUT2D eigenvalue weighted by Crippen LogP contribution is 2.31. The fraction of sp³-hybridized carbons (Fsp3) is 0.500. The van der Waals surface area contributed by atoms with E-state index in [0.29, 0.717) is 12.0 Å². The summed E-state index contributed by atoms with van der Waals surface area (Å²) in [5.74, 6) is 0.298. The molecule has 0 radical (unpaired) electrons. The molecule has 1 unspecified atom stereocenters. The van der Waals surface area contributed by atoms with E-state index in [1.165, 1.54) is 18.2 Å². The van der Waals surface area contributed by atoms with Gasteiger partial charge < -0.3 is 0 Å². The molecule has 22 heavy (non-hydrogen) atoms. The molecule has 0 spiro atoms. The topological polar surface area (TPSA) is 80.5 Å². The van der Waals surface area contributed by atoms with Crippen LogP contribution in [0.1, 0.15) is 36.0 Å². The van der Waals surface area contributed by atoms with E-state index >= 15 is 0 Å². The highest BCUT2D eigenvalue weighted by molar-refractivity contribution is 5.97. The molecular formula is C16H18N2O4. The van der Waals surface area contributed by atoms with Gasteiger partial charge in [-0.1, -0.05) is 12.1 Å². The Labute approximate surface area is 128 Å². The molecule has 0 aromatic heterocycles. The van der Waals surface area contributed by atoms with Crippen LogP contribution in [0.2, 0.25) is 0 Å². The van der Waals surface area contributed by atoms with Gasteiger partial charge in [0.25, 0.3) is 5.69 Å². The van der Waals surface area contributed by atoms with Gasteiger partial charge in [-0.2, -0.15) is 0 Å². The Kier molecular flexibility index (Phi) is 4.02. The molecule has 3 saturated heterocycles. The van der Waals surface area contributed by atoms with Gasteiger partial charge in [0, 0.05) is 30.0 Å². The molecule has 4 rings (SSSR count). The normalized spacial score (nSPS) is 26.9. The van der Waals surface area contributed by atoms with E-state index in [-0.39, 0.29) is 35.6 Å². The van der Waals surface area contributed by atoms with Crippen LogP contribution in [0.25, 0.3) is 0 Å². The molecule has 3 fully saturated rings. The van der Waals surface area contributed by atoms with Gasteiger partial charge in [-0.05, 0) is 32.4 Å². The number of non-ortho nitro benzene ring substituents is 1. The number of hydrogen-bond donors (Lipinski definition) is 0. The van der Waals surface area contributed by atoms with Crippen LogP contribution in [0.4, 0.5) is 5.69 Å². The SMILES string of the molecule is O=C(CCC1C(=O)C2CCN1CC2)c1cccc([N+](=O)[O-])c1. The quantitative estimate of drug-likeness (QED) is 0.473. The molecule has 0 amide bonds. The lowest BCUT2D eigenvalue weighted by molar-refractivity contribution is -0.384. The summed E-state index contributed by atoms with van der Waals surface area (Å²) < 4.78 is 0. The number of hydrogen-bond acceptors (Lipinski definition) is 5. The second kappa shape index (κ2) is 5.96. The first-order valence-corrected chi connectivity index (χ1v) is 7.61. The molecule has 0 saturated carbocycles. The molecule has 1 aromatic rings. The van der Waals surface area contributed by atoms with Gasteiger partial charge in [-0.25, -0.2) is 0 Å². The molecular weight excluding hydrogens is 284 g/mol. The summed E-state index contributed by atoms with van der Waals surface area (Å²) in [6.45, 7) is 1.87. The van der Waals surface area contributed by atoms with Crippen molar-refractivity contribution in [1.29, 1.82) is 0 Å². The van der Waals surface area contributed by atoms with Gasteiger partial charge in [-0.3, -0.25) is 24.6 Å². The summed E-state index contributed by atoms with van der Waals surface area (Å²) in [6.07, 6.45) is 2.64. The average Bonchev–Trinajstić information content (AvgIpc) is 2.55. The van der Waals surface area contributed by atoms with Crippen LogP contribution in [-0.2, 0) is 4.79 Å². The Balaban J connectivity index is 1.64. The van der Waals surface area contributed by atoms with Crippen LogP contribution in [0.3, 0.4) is 0 Å². The number of fused-ring (bicyclic) bond motifs is 3. The average molecular weight is 302 g/mol. The van der Waals surface area contributed by atoms with Crippen LogP contribution in [0, 0.1) is 16.0 Å². The van der Waals surface area contributed by atoms with Crippen molar-refractivity contribution in [2.45, 2.75) is 31.7 Å². The number of rotatable bonds is 5. The molecule has 3 heterocycles. The first-order valence-electron chi connectivity index (χ1n) is 7.61. The maximum Gasteiger partial charge on any atom is 0.270 e. The van der Waals surface area contributed by atoms with Crippen molar-refractivity contribution in [3.63, 3.8) is 0 Å². The summed E-state index contributed by atoms with van der Waals surface area (Å²) >= 11 is 0. The molecule has 6 heteroatoms. The molecule has 116 valence electrons. The number of nitro benzene ring substituents is 1. The highest BCUT2D eigenvalue weighted by Gasteiger charge is 2.40. The fourth-order valence-electron chi connectivity index (χ4n) is 3.48. The highest BCUT2D eigenvalue weighted by atomic mass is 16.6. The number of nitrogens with zero attached hydrogens (tertiary/aromatic N) is 2. The Morgan fingerprint density at radius 1 is 1.32 bits per heavy atom. The molecule has 1 atom stereocenters. The fourth-order valence-corrected chi connectivity index (χ4v) is 3.48. The predicted molar refractivity (Wildman–Crippen MR) is 79.8 cm³/mol. The third-order valence-electron chi connectivity index (χ3n) is 4.72. The van der Waals surface area contributed by atoms with E-state index in [9.17, 15) is 19.7 Å². The number of ketones is 2. The van der Waals surface area contributed by atoms with Gasteiger partial charge in [0.2, 0.25) is 0 Å². The minimum atomic E-state index is -0.508. The number of piperidine rings is 3. The Bertz CT molecular complexity index is 620. The van der Waals surface area contributed by atoms with Crippen molar-refractivity contribution in [1.82, 2.24) is 4.90 Å². The zero-order chi connectivity index (χ0) is 15.7. The number of carbonyl (C=O) groups excluding carboxylic acids is 2. The lowest BCUT2D eigenvalue weighted by Gasteiger charge is -2.44. The van der Waals surface area contributed by atoms with E-state index in [0.717, 1.165) is 25.9 Å². The van der Waals surface area contributed by atoms with Gasteiger partial charge >= 0.3 is 0 Å². The lowest BCUT2D eigenvalue weighted by Crippen LogP contribution is -2.55. The predicted octanol–water partition coefficient (Wildman–Crippen LogP) is 2.22. The monoisotopic (exact) mass is 302 g/mol. The van der Waals surface area contributed by atoms with Crippen LogP contribution in [-0.4, -0.2) is 40.5 Å². The van der Waals surface area contributed by atoms with E-state index in [2.05, 4.69) is 4.90 Å². The summed E-state index contributed by atoms with van der Waals surface area (Å²) in [5.41, 5.74) is 0.264. The zero-order valence-corrected chi connectivity index (χ0v) is 12.2. The van der Waals surface area contributed by atoms with Gasteiger partial charge in [0.05, 0.1) is 11.0 Å². The number of Topliss-reactive ketones (excluding diaryl/α,β-unsaturated/α-hetero) is 2. The van der Waals surface area contributed by atoms with E-state index in [4.69, 9.17) is 0 Å². The molecule has 6 nitrogen and oxygen atoms in total. The minimum Gasteiger partial charge on any atom is -0.298 e. The van der Waals surface area contributed by atoms with Gasteiger partial charge in [-0.15, -0.1) is 0 Å². The number of nitro groups is 1. The summed E-state index contributed by atoms with van der Waals surface area (Å²) in [5, 5.41) is 10.8. The second-order valence-corrected chi connectivity index (χ2v) is 6.00. The van der Waals surface area contributed by atoms with E-state index in [1.54, 1.807) is 6.07 Å². The summed E-state index contributed by atoms with van der Waals surface area (Å²) in [7, 11) is 0. The van der Waals surface area contributed by atoms with Crippen molar-refractivity contribution < 1.29 is 14.5 Å². The van der Waals surface area contributed by atoms with Crippen LogP contribution in [0.15, 0.2) is 24.3 Å². The van der Waals surface area contributed by atoms with Crippen LogP contribution < -0.4 is 0 Å². The largest absolute Gasteiger partial charge is 0.298 e. The Hall–Kier alpha value is -2.08. The zero-order valence-electron chi connectivity index (χ0n) is 12.2. The van der Waals surface area contributed by atoms with Gasteiger partial charge in [0.15, 0.2) is 11.6 Å². The maximum atomic E-state index is 12.2. The first kappa shape index (κ1) is 14.8. The molecule has 3 aliphatic heterocycles. The van der Waals surface area contributed by atoms with Crippen molar-refractivity contribution >= 4 is 17.3 Å². The molecule has 3 aliphatic rings. The van der Waals surface area contributed by atoms with Crippen LogP contribution in [0.5, 0.6) is 0 Å². The Morgan fingerprint density at radius 3 is 2.68 bits per heavy atom. The standard InChI is InChI=1S/C16H18N2O4/c19-15(12-2-1-3-13(10-12)18(21)22)5-4-14-16(20)11-6-8-17(14)9-7-11/h1-3,10-11,14H,4-9H2. The van der Waals surface area contributed by atoms with E-state index in [1.807, 2.05) is 0 Å². The third-order valence-corrected chi connectivity index (χ3v) is 4.72. The van der Waals surface area contributed by atoms with Crippen LogP contribution >= 0.6 is 0 Å². The smallest absolute Gasteiger partial charge is 0.270 e.